The van der Waals surface area contributed by atoms with E-state index in [0.717, 1.165) is 57.1 Å². The molecule has 1 aliphatic carbocycles. The Morgan fingerprint density at radius 3 is 2.83 bits per heavy atom. The summed E-state index contributed by atoms with van der Waals surface area (Å²) in [5.41, 5.74) is 11.3. The number of nitrogens with zero attached hydrogens (tertiary/aromatic N) is 7. The predicted molar refractivity (Wildman–Crippen MR) is 158 cm³/mol. The van der Waals surface area contributed by atoms with Gasteiger partial charge in [-0.05, 0) is 61.9 Å². The highest BCUT2D eigenvalue weighted by Crippen LogP contribution is 2.39. The van der Waals surface area contributed by atoms with E-state index < -0.39 is 12.7 Å². The molecule has 7 rings (SSSR count). The molecule has 0 saturated heterocycles. The van der Waals surface area contributed by atoms with E-state index in [2.05, 4.69) is 37.5 Å². The van der Waals surface area contributed by atoms with Crippen molar-refractivity contribution in [1.82, 2.24) is 33.8 Å². The smallest absolute Gasteiger partial charge is 0.254 e. The number of imidazole rings is 1. The number of hydrogen-bond acceptors (Lipinski definition) is 6. The zero-order chi connectivity index (χ0) is 29.0. The highest BCUT2D eigenvalue weighted by Gasteiger charge is 2.29. The third-order valence-corrected chi connectivity index (χ3v) is 8.58. The first-order valence-corrected chi connectivity index (χ1v) is 14.6. The van der Waals surface area contributed by atoms with Crippen LogP contribution in [0.2, 0.25) is 0 Å². The highest BCUT2D eigenvalue weighted by atomic mass is 19.1. The van der Waals surface area contributed by atoms with Gasteiger partial charge in [0.25, 0.3) is 5.91 Å². The van der Waals surface area contributed by atoms with Crippen molar-refractivity contribution in [2.45, 2.75) is 45.3 Å². The SMILES string of the molecule is Cc1nncn1CCOc1cccc2cc(-c3nc4cc5c(cc4n3C)CCN(C[C@H](N)CF)C5=O)n(CC3CC3)c12. The van der Waals surface area contributed by atoms with E-state index >= 15 is 0 Å². The van der Waals surface area contributed by atoms with Crippen LogP contribution < -0.4 is 10.5 Å². The Morgan fingerprint density at radius 2 is 2.07 bits per heavy atom. The van der Waals surface area contributed by atoms with E-state index in [-0.39, 0.29) is 12.5 Å². The number of alkyl halides is 1. The zero-order valence-electron chi connectivity index (χ0n) is 24.0. The van der Waals surface area contributed by atoms with Crippen LogP contribution in [0.4, 0.5) is 4.39 Å². The number of fused-ring (bicyclic) bond motifs is 3. The second-order valence-electron chi connectivity index (χ2n) is 11.6. The maximum Gasteiger partial charge on any atom is 0.254 e. The van der Waals surface area contributed by atoms with Crippen LogP contribution in [0.1, 0.15) is 34.6 Å². The average molecular weight is 571 g/mol. The monoisotopic (exact) mass is 570 g/mol. The molecular formula is C31H35FN8O2. The van der Waals surface area contributed by atoms with E-state index in [9.17, 15) is 9.18 Å². The molecule has 1 atom stereocenters. The molecule has 0 radical (unpaired) electrons. The normalized spacial score (nSPS) is 16.0. The lowest BCUT2D eigenvalue weighted by Gasteiger charge is -2.30. The standard InChI is InChI=1S/C31H35FN8O2/c1-19-36-34-18-39(19)10-11-42-28-5-3-4-22-13-27(40(29(22)28)16-20-6-7-20)30-35-25-14-24-21(12-26(25)37(30)2)8-9-38(31(24)41)17-23(33)15-32/h3-5,12-14,18,20,23H,6-11,15-17,33H2,1-2H3/t23-/m1/s1. The molecule has 5 aromatic rings. The number of amides is 1. The average Bonchev–Trinajstić information content (AvgIpc) is 3.48. The van der Waals surface area contributed by atoms with Crippen LogP contribution in [-0.4, -0.2) is 72.1 Å². The maximum absolute atomic E-state index is 13.3. The number of halogens is 1. The number of ether oxygens (including phenoxy) is 1. The van der Waals surface area contributed by atoms with Gasteiger partial charge in [0.15, 0.2) is 5.82 Å². The minimum Gasteiger partial charge on any atom is -0.490 e. The largest absolute Gasteiger partial charge is 0.490 e. The predicted octanol–water partition coefficient (Wildman–Crippen LogP) is 3.88. The molecule has 2 N–H and O–H groups in total. The number of carbonyl (C=O) groups is 1. The molecule has 2 aromatic carbocycles. The Hall–Kier alpha value is -4.25. The molecular weight excluding hydrogens is 535 g/mol. The van der Waals surface area contributed by atoms with E-state index in [4.69, 9.17) is 15.5 Å². The molecule has 1 fully saturated rings. The Kier molecular flexibility index (Phi) is 6.69. The first-order valence-electron chi connectivity index (χ1n) is 14.6. The van der Waals surface area contributed by atoms with Gasteiger partial charge in [0.2, 0.25) is 0 Å². The maximum atomic E-state index is 13.3. The van der Waals surface area contributed by atoms with Crippen molar-refractivity contribution in [1.29, 1.82) is 0 Å². The van der Waals surface area contributed by atoms with Gasteiger partial charge in [-0.15, -0.1) is 10.2 Å². The van der Waals surface area contributed by atoms with Gasteiger partial charge in [-0.1, -0.05) is 12.1 Å². The van der Waals surface area contributed by atoms with Crippen molar-refractivity contribution < 1.29 is 13.9 Å². The second kappa shape index (κ2) is 10.5. The van der Waals surface area contributed by atoms with E-state index in [1.54, 1.807) is 11.2 Å². The highest BCUT2D eigenvalue weighted by molar-refractivity contribution is 6.01. The summed E-state index contributed by atoms with van der Waals surface area (Å²) in [5.74, 6) is 3.07. The summed E-state index contributed by atoms with van der Waals surface area (Å²) in [4.78, 5) is 20.0. The number of aryl methyl sites for hydroxylation is 2. The van der Waals surface area contributed by atoms with Crippen LogP contribution in [-0.2, 0) is 26.6 Å². The summed E-state index contributed by atoms with van der Waals surface area (Å²) in [7, 11) is 2.03. The number of nitrogens with two attached hydrogens (primary N) is 1. The first kappa shape index (κ1) is 26.6. The van der Waals surface area contributed by atoms with Gasteiger partial charge in [-0.2, -0.15) is 0 Å². The zero-order valence-corrected chi connectivity index (χ0v) is 24.0. The first-order chi connectivity index (χ1) is 20.4. The summed E-state index contributed by atoms with van der Waals surface area (Å²) in [6.07, 6.45) is 4.86. The molecule has 3 aromatic heterocycles. The van der Waals surface area contributed by atoms with Crippen molar-refractivity contribution in [2.24, 2.45) is 18.7 Å². The van der Waals surface area contributed by atoms with Gasteiger partial charge >= 0.3 is 0 Å². The van der Waals surface area contributed by atoms with Crippen LogP contribution in [0, 0.1) is 12.8 Å². The van der Waals surface area contributed by atoms with E-state index in [1.807, 2.05) is 36.7 Å². The lowest BCUT2D eigenvalue weighted by atomic mass is 9.97. The molecule has 4 heterocycles. The van der Waals surface area contributed by atoms with Gasteiger partial charge < -0.3 is 29.1 Å². The van der Waals surface area contributed by atoms with Gasteiger partial charge in [0.1, 0.15) is 31.2 Å². The van der Waals surface area contributed by atoms with Gasteiger partial charge in [-0.3, -0.25) is 4.79 Å². The third-order valence-electron chi connectivity index (χ3n) is 8.58. The van der Waals surface area contributed by atoms with Crippen LogP contribution >= 0.6 is 0 Å². The molecule has 218 valence electrons. The lowest BCUT2D eigenvalue weighted by Crippen LogP contribution is -2.45. The lowest BCUT2D eigenvalue weighted by molar-refractivity contribution is 0.0725. The van der Waals surface area contributed by atoms with Gasteiger partial charge in [0.05, 0.1) is 34.8 Å². The number of carbonyl (C=O) groups excluding carboxylic acids is 1. The minimum atomic E-state index is -0.671. The van der Waals surface area contributed by atoms with Crippen LogP contribution in [0.25, 0.3) is 33.5 Å². The van der Waals surface area contributed by atoms with Crippen molar-refractivity contribution in [2.75, 3.05) is 26.4 Å². The molecule has 1 aliphatic heterocycles. The Morgan fingerprint density at radius 1 is 1.21 bits per heavy atom. The van der Waals surface area contributed by atoms with Crippen molar-refractivity contribution in [3.8, 4) is 17.3 Å². The fourth-order valence-electron chi connectivity index (χ4n) is 6.08. The second-order valence-corrected chi connectivity index (χ2v) is 11.6. The Balaban J connectivity index is 1.26. The van der Waals surface area contributed by atoms with E-state index in [0.29, 0.717) is 37.6 Å². The molecule has 10 nitrogen and oxygen atoms in total. The number of para-hydroxylation sites is 1. The fraction of sp³-hybridized carbons (Fsp3) is 0.419. The van der Waals surface area contributed by atoms with Gasteiger partial charge in [-0.25, -0.2) is 9.37 Å². The summed E-state index contributed by atoms with van der Waals surface area (Å²) < 4.78 is 25.9. The number of rotatable bonds is 10. The van der Waals surface area contributed by atoms with Crippen LogP contribution in [0.15, 0.2) is 42.7 Å². The summed E-state index contributed by atoms with van der Waals surface area (Å²) >= 11 is 0. The molecule has 0 spiro atoms. The molecule has 11 heteroatoms. The molecule has 0 bridgehead atoms. The van der Waals surface area contributed by atoms with Crippen molar-refractivity contribution in [3.05, 3.63) is 59.7 Å². The quantitative estimate of drug-likeness (QED) is 0.273. The molecule has 2 aliphatic rings. The number of hydrogen-bond donors (Lipinski definition) is 1. The molecule has 1 amide bonds. The van der Waals surface area contributed by atoms with Crippen LogP contribution in [0.5, 0.6) is 5.75 Å². The Labute approximate surface area is 242 Å². The summed E-state index contributed by atoms with van der Waals surface area (Å²) in [6, 6.07) is 11.7. The Bertz CT molecular complexity index is 1800. The third kappa shape index (κ3) is 4.71. The van der Waals surface area contributed by atoms with Crippen molar-refractivity contribution in [3.63, 3.8) is 0 Å². The molecule has 0 unspecified atom stereocenters. The van der Waals surface area contributed by atoms with E-state index in [1.165, 1.54) is 12.8 Å². The van der Waals surface area contributed by atoms with Crippen LogP contribution in [0.3, 0.4) is 0 Å². The fourth-order valence-corrected chi connectivity index (χ4v) is 6.08. The number of benzene rings is 2. The summed E-state index contributed by atoms with van der Waals surface area (Å²) in [5, 5.41) is 9.13. The van der Waals surface area contributed by atoms with Gasteiger partial charge in [0, 0.05) is 37.6 Å². The molecule has 1 saturated carbocycles. The number of aromatic nitrogens is 6. The molecule has 42 heavy (non-hydrogen) atoms. The van der Waals surface area contributed by atoms with Crippen molar-refractivity contribution >= 4 is 27.8 Å². The minimum absolute atomic E-state index is 0.111. The summed E-state index contributed by atoms with van der Waals surface area (Å²) in [6.45, 7) is 4.09. The topological polar surface area (TPSA) is 109 Å².